The van der Waals surface area contributed by atoms with Crippen molar-refractivity contribution in [3.63, 3.8) is 0 Å². The number of nitrogens with one attached hydrogen (secondary N) is 1. The number of piperidine rings is 1. The minimum atomic E-state index is -0.154. The van der Waals surface area contributed by atoms with Crippen LogP contribution in [0.3, 0.4) is 0 Å². The minimum absolute atomic E-state index is 0.00198. The number of fused-ring (bicyclic) bond motifs is 2. The lowest BCUT2D eigenvalue weighted by molar-refractivity contribution is 0.0531. The SMILES string of the molecule is COCc1ccc(C(=O)N2CCC[C@@H]3NC(=O)c4ccccc4OCC/C=C/C[C@@H]32)cc1. The fraction of sp³-hybridized carbons (Fsp3) is 0.385. The number of carbonyl (C=O) groups is 2. The van der Waals surface area contributed by atoms with Gasteiger partial charge in [-0.2, -0.15) is 0 Å². The van der Waals surface area contributed by atoms with Crippen molar-refractivity contribution in [1.82, 2.24) is 10.2 Å². The van der Waals surface area contributed by atoms with Gasteiger partial charge in [-0.05, 0) is 55.5 Å². The van der Waals surface area contributed by atoms with Crippen molar-refractivity contribution in [2.75, 3.05) is 20.3 Å². The van der Waals surface area contributed by atoms with Crippen LogP contribution in [0, 0.1) is 0 Å². The van der Waals surface area contributed by atoms with Crippen LogP contribution in [-0.2, 0) is 11.3 Å². The summed E-state index contributed by atoms with van der Waals surface area (Å²) in [7, 11) is 1.66. The van der Waals surface area contributed by atoms with E-state index in [9.17, 15) is 9.59 Å². The van der Waals surface area contributed by atoms with Gasteiger partial charge in [-0.1, -0.05) is 36.4 Å². The average molecular weight is 435 g/mol. The van der Waals surface area contributed by atoms with Gasteiger partial charge in [0.2, 0.25) is 0 Å². The third-order valence-corrected chi connectivity index (χ3v) is 6.09. The van der Waals surface area contributed by atoms with E-state index >= 15 is 0 Å². The Kier molecular flexibility index (Phi) is 7.22. The summed E-state index contributed by atoms with van der Waals surface area (Å²) in [6, 6.07) is 14.7. The molecule has 0 unspecified atom stereocenters. The van der Waals surface area contributed by atoms with E-state index in [0.717, 1.165) is 24.8 Å². The predicted octanol–water partition coefficient (Wildman–Crippen LogP) is 3.97. The van der Waals surface area contributed by atoms with Crippen LogP contribution < -0.4 is 10.1 Å². The molecule has 2 aromatic rings. The number of para-hydroxylation sites is 1. The molecule has 2 amide bonds. The zero-order valence-corrected chi connectivity index (χ0v) is 18.5. The van der Waals surface area contributed by atoms with Gasteiger partial charge in [-0.25, -0.2) is 0 Å². The molecular formula is C26H30N2O4. The maximum atomic E-state index is 13.4. The third-order valence-electron chi connectivity index (χ3n) is 6.09. The number of ether oxygens (including phenoxy) is 2. The molecule has 2 aliphatic rings. The first-order valence-corrected chi connectivity index (χ1v) is 11.2. The number of rotatable bonds is 3. The van der Waals surface area contributed by atoms with Crippen LogP contribution in [-0.4, -0.2) is 49.1 Å². The highest BCUT2D eigenvalue weighted by molar-refractivity contribution is 5.97. The normalized spacial score (nSPS) is 22.3. The summed E-state index contributed by atoms with van der Waals surface area (Å²) in [5.74, 6) is 0.441. The van der Waals surface area contributed by atoms with Crippen LogP contribution in [0.4, 0.5) is 0 Å². The Morgan fingerprint density at radius 1 is 1.16 bits per heavy atom. The number of amides is 2. The summed E-state index contributed by atoms with van der Waals surface area (Å²) >= 11 is 0. The quantitative estimate of drug-likeness (QED) is 0.743. The van der Waals surface area contributed by atoms with Crippen LogP contribution in [0.5, 0.6) is 5.75 Å². The molecule has 32 heavy (non-hydrogen) atoms. The van der Waals surface area contributed by atoms with Gasteiger partial charge in [0.15, 0.2) is 0 Å². The van der Waals surface area contributed by atoms with Gasteiger partial charge >= 0.3 is 0 Å². The fourth-order valence-electron chi connectivity index (χ4n) is 4.46. The smallest absolute Gasteiger partial charge is 0.255 e. The molecule has 1 N–H and O–H groups in total. The van der Waals surface area contributed by atoms with Crippen LogP contribution in [0.1, 0.15) is 52.0 Å². The Labute approximate surface area is 189 Å². The predicted molar refractivity (Wildman–Crippen MR) is 123 cm³/mol. The lowest BCUT2D eigenvalue weighted by atomic mass is 9.92. The van der Waals surface area contributed by atoms with E-state index in [4.69, 9.17) is 9.47 Å². The minimum Gasteiger partial charge on any atom is -0.492 e. The van der Waals surface area contributed by atoms with E-state index in [1.54, 1.807) is 13.2 Å². The second kappa shape index (κ2) is 10.5. The van der Waals surface area contributed by atoms with Gasteiger partial charge < -0.3 is 19.7 Å². The van der Waals surface area contributed by atoms with Crippen molar-refractivity contribution in [1.29, 1.82) is 0 Å². The number of likely N-dealkylation sites (tertiary alicyclic amines) is 1. The maximum Gasteiger partial charge on any atom is 0.255 e. The van der Waals surface area contributed by atoms with E-state index in [1.807, 2.05) is 47.4 Å². The molecule has 0 radical (unpaired) electrons. The first-order valence-electron chi connectivity index (χ1n) is 11.2. The number of nitrogens with zero attached hydrogens (tertiary/aromatic N) is 1. The molecule has 6 nitrogen and oxygen atoms in total. The lowest BCUT2D eigenvalue weighted by Crippen LogP contribution is -2.57. The Morgan fingerprint density at radius 2 is 1.97 bits per heavy atom. The molecular weight excluding hydrogens is 404 g/mol. The lowest BCUT2D eigenvalue weighted by Gasteiger charge is -2.41. The van der Waals surface area contributed by atoms with Gasteiger partial charge in [0.25, 0.3) is 11.8 Å². The van der Waals surface area contributed by atoms with Crippen molar-refractivity contribution < 1.29 is 19.1 Å². The number of hydrogen-bond acceptors (Lipinski definition) is 4. The number of carbonyl (C=O) groups excluding carboxylic acids is 2. The van der Waals surface area contributed by atoms with Crippen LogP contribution >= 0.6 is 0 Å². The monoisotopic (exact) mass is 434 g/mol. The van der Waals surface area contributed by atoms with Crippen LogP contribution in [0.2, 0.25) is 0 Å². The van der Waals surface area contributed by atoms with Crippen molar-refractivity contribution in [2.24, 2.45) is 0 Å². The molecule has 0 aliphatic carbocycles. The van der Waals surface area contributed by atoms with E-state index < -0.39 is 0 Å². The molecule has 2 aliphatic heterocycles. The van der Waals surface area contributed by atoms with Crippen molar-refractivity contribution in [2.45, 2.75) is 44.4 Å². The van der Waals surface area contributed by atoms with Gasteiger partial charge in [0.05, 0.1) is 24.8 Å². The zero-order valence-electron chi connectivity index (χ0n) is 18.5. The standard InChI is InChI=1S/C26H30N2O4/c1-31-18-19-12-14-20(15-13-19)26(30)28-16-7-9-22-23(28)10-3-2-6-17-32-24-11-5-4-8-21(24)25(29)27-22/h2-5,8,11-15,22-23H,6-7,9-10,16-18H2,1H3,(H,27,29)/b3-2+/t22-,23-/m0/s1. The molecule has 0 spiro atoms. The van der Waals surface area contributed by atoms with Crippen molar-refractivity contribution in [3.8, 4) is 5.75 Å². The summed E-state index contributed by atoms with van der Waals surface area (Å²) in [4.78, 5) is 28.4. The summed E-state index contributed by atoms with van der Waals surface area (Å²) in [5, 5.41) is 3.19. The van der Waals surface area contributed by atoms with Gasteiger partial charge in [-0.3, -0.25) is 9.59 Å². The Balaban J connectivity index is 1.58. The maximum absolute atomic E-state index is 13.4. The molecule has 1 fully saturated rings. The van der Waals surface area contributed by atoms with Gasteiger partial charge in [-0.15, -0.1) is 0 Å². The molecule has 6 heteroatoms. The molecule has 2 atom stereocenters. The second-order valence-electron chi connectivity index (χ2n) is 8.26. The van der Waals surface area contributed by atoms with Crippen molar-refractivity contribution >= 4 is 11.8 Å². The molecule has 0 bridgehead atoms. The van der Waals surface area contributed by atoms with E-state index in [-0.39, 0.29) is 23.9 Å². The second-order valence-corrected chi connectivity index (χ2v) is 8.26. The fourth-order valence-corrected chi connectivity index (χ4v) is 4.46. The first-order chi connectivity index (χ1) is 15.7. The molecule has 0 aromatic heterocycles. The summed E-state index contributed by atoms with van der Waals surface area (Å²) < 4.78 is 11.0. The van der Waals surface area contributed by atoms with E-state index in [1.165, 1.54) is 0 Å². The Bertz CT molecular complexity index is 970. The van der Waals surface area contributed by atoms with Crippen molar-refractivity contribution in [3.05, 3.63) is 77.4 Å². The average Bonchev–Trinajstić information content (AvgIpc) is 2.81. The molecule has 168 valence electrons. The van der Waals surface area contributed by atoms with E-state index in [0.29, 0.717) is 43.1 Å². The summed E-state index contributed by atoms with van der Waals surface area (Å²) in [6.07, 6.45) is 7.33. The van der Waals surface area contributed by atoms with Crippen LogP contribution in [0.15, 0.2) is 60.7 Å². The highest BCUT2D eigenvalue weighted by Crippen LogP contribution is 2.26. The molecule has 2 heterocycles. The zero-order chi connectivity index (χ0) is 22.3. The highest BCUT2D eigenvalue weighted by atomic mass is 16.5. The first kappa shape index (κ1) is 22.1. The molecule has 1 saturated heterocycles. The highest BCUT2D eigenvalue weighted by Gasteiger charge is 2.35. The van der Waals surface area contributed by atoms with Gasteiger partial charge in [0, 0.05) is 25.3 Å². The summed E-state index contributed by atoms with van der Waals surface area (Å²) in [6.45, 7) is 1.71. The number of methoxy groups -OCH3 is 1. The topological polar surface area (TPSA) is 67.9 Å². The number of benzene rings is 2. The Morgan fingerprint density at radius 3 is 2.78 bits per heavy atom. The Hall–Kier alpha value is -3.12. The number of hydrogen-bond donors (Lipinski definition) is 1. The largest absolute Gasteiger partial charge is 0.492 e. The van der Waals surface area contributed by atoms with E-state index in [2.05, 4.69) is 17.5 Å². The molecule has 2 aromatic carbocycles. The van der Waals surface area contributed by atoms with Crippen LogP contribution in [0.25, 0.3) is 0 Å². The molecule has 4 rings (SSSR count). The molecule has 0 saturated carbocycles. The third kappa shape index (κ3) is 5.02. The summed E-state index contributed by atoms with van der Waals surface area (Å²) in [5.41, 5.74) is 2.22. The van der Waals surface area contributed by atoms with Gasteiger partial charge in [0.1, 0.15) is 5.75 Å².